The third kappa shape index (κ3) is 2.35. The molecule has 0 bridgehead atoms. The van der Waals surface area contributed by atoms with Crippen molar-refractivity contribution in [2.24, 2.45) is 0 Å². The molecule has 1 amide bonds. The standard InChI is InChI=1S/C7H14N2O/c10-6-8-4-5-9-7-2-1-3-7/h6-7,9H,1-5H2,(H,8,10). The average Bonchev–Trinajstić information content (AvgIpc) is 1.84. The molecule has 0 unspecified atom stereocenters. The molecule has 0 spiro atoms. The van der Waals surface area contributed by atoms with Crippen LogP contribution < -0.4 is 10.6 Å². The fraction of sp³-hybridized carbons (Fsp3) is 0.857. The minimum absolute atomic E-state index is 0.730. The number of carbonyl (C=O) groups excluding carboxylic acids is 1. The van der Waals surface area contributed by atoms with Gasteiger partial charge in [0, 0.05) is 19.1 Å². The summed E-state index contributed by atoms with van der Waals surface area (Å²) in [6.45, 7) is 1.66. The summed E-state index contributed by atoms with van der Waals surface area (Å²) < 4.78 is 0. The summed E-state index contributed by atoms with van der Waals surface area (Å²) in [5.74, 6) is 0. The van der Waals surface area contributed by atoms with Gasteiger partial charge in [-0.25, -0.2) is 0 Å². The second kappa shape index (κ2) is 4.28. The van der Waals surface area contributed by atoms with Crippen molar-refractivity contribution in [2.75, 3.05) is 13.1 Å². The van der Waals surface area contributed by atoms with Crippen molar-refractivity contribution in [3.05, 3.63) is 0 Å². The lowest BCUT2D eigenvalue weighted by Crippen LogP contribution is -2.38. The van der Waals surface area contributed by atoms with E-state index in [0.29, 0.717) is 0 Å². The number of amides is 1. The second-order valence-corrected chi connectivity index (χ2v) is 2.65. The molecule has 0 aliphatic heterocycles. The maximum absolute atomic E-state index is 9.79. The van der Waals surface area contributed by atoms with E-state index in [1.807, 2.05) is 0 Å². The third-order valence-corrected chi connectivity index (χ3v) is 1.89. The zero-order valence-electron chi connectivity index (χ0n) is 6.10. The van der Waals surface area contributed by atoms with Crippen LogP contribution in [0.25, 0.3) is 0 Å². The molecule has 1 rings (SSSR count). The largest absolute Gasteiger partial charge is 0.357 e. The molecule has 3 heteroatoms. The molecule has 2 N–H and O–H groups in total. The number of hydrogen-bond donors (Lipinski definition) is 2. The fourth-order valence-electron chi connectivity index (χ4n) is 1.02. The summed E-state index contributed by atoms with van der Waals surface area (Å²) in [5.41, 5.74) is 0. The van der Waals surface area contributed by atoms with Crippen LogP contribution in [0.5, 0.6) is 0 Å². The summed E-state index contributed by atoms with van der Waals surface area (Å²) in [7, 11) is 0. The molecule has 1 aliphatic carbocycles. The van der Waals surface area contributed by atoms with Crippen LogP contribution in [-0.4, -0.2) is 25.5 Å². The Morgan fingerprint density at radius 1 is 1.40 bits per heavy atom. The van der Waals surface area contributed by atoms with Crippen LogP contribution in [0.3, 0.4) is 0 Å². The first kappa shape index (κ1) is 7.54. The van der Waals surface area contributed by atoms with Crippen LogP contribution in [0, 0.1) is 0 Å². The molecule has 1 aliphatic rings. The third-order valence-electron chi connectivity index (χ3n) is 1.89. The van der Waals surface area contributed by atoms with Crippen molar-refractivity contribution in [2.45, 2.75) is 25.3 Å². The fourth-order valence-corrected chi connectivity index (χ4v) is 1.02. The Kier molecular flexibility index (Phi) is 3.22. The normalized spacial score (nSPS) is 18.0. The molecule has 0 aromatic carbocycles. The van der Waals surface area contributed by atoms with Gasteiger partial charge in [-0.2, -0.15) is 0 Å². The van der Waals surface area contributed by atoms with Gasteiger partial charge in [-0.3, -0.25) is 4.79 Å². The minimum atomic E-state index is 0.730. The first-order valence-corrected chi connectivity index (χ1v) is 3.84. The highest BCUT2D eigenvalue weighted by atomic mass is 16.1. The molecular weight excluding hydrogens is 128 g/mol. The van der Waals surface area contributed by atoms with E-state index < -0.39 is 0 Å². The highest BCUT2D eigenvalue weighted by Gasteiger charge is 2.15. The summed E-state index contributed by atoms with van der Waals surface area (Å²) in [6, 6.07) is 0.730. The van der Waals surface area contributed by atoms with E-state index in [4.69, 9.17) is 0 Å². The SMILES string of the molecule is O=CNCCNC1CCC1. The van der Waals surface area contributed by atoms with Crippen LogP contribution in [0.15, 0.2) is 0 Å². The van der Waals surface area contributed by atoms with Gasteiger partial charge in [0.05, 0.1) is 0 Å². The quantitative estimate of drug-likeness (QED) is 0.415. The van der Waals surface area contributed by atoms with Crippen molar-refractivity contribution < 1.29 is 4.79 Å². The summed E-state index contributed by atoms with van der Waals surface area (Å²) in [6.07, 6.45) is 4.71. The van der Waals surface area contributed by atoms with E-state index >= 15 is 0 Å². The van der Waals surface area contributed by atoms with Crippen molar-refractivity contribution in [1.82, 2.24) is 10.6 Å². The summed E-state index contributed by atoms with van der Waals surface area (Å²) >= 11 is 0. The zero-order valence-corrected chi connectivity index (χ0v) is 6.10. The molecule has 58 valence electrons. The molecular formula is C7H14N2O. The van der Waals surface area contributed by atoms with E-state index in [0.717, 1.165) is 25.5 Å². The topological polar surface area (TPSA) is 41.1 Å². The first-order chi connectivity index (χ1) is 4.93. The maximum Gasteiger partial charge on any atom is 0.207 e. The van der Waals surface area contributed by atoms with E-state index in [-0.39, 0.29) is 0 Å². The number of rotatable bonds is 5. The molecule has 1 saturated carbocycles. The highest BCUT2D eigenvalue weighted by Crippen LogP contribution is 2.17. The van der Waals surface area contributed by atoms with Crippen LogP contribution in [-0.2, 0) is 4.79 Å². The van der Waals surface area contributed by atoms with Gasteiger partial charge in [0.15, 0.2) is 0 Å². The predicted molar refractivity (Wildman–Crippen MR) is 39.7 cm³/mol. The molecule has 0 aromatic rings. The molecule has 0 atom stereocenters. The monoisotopic (exact) mass is 142 g/mol. The molecule has 0 aromatic heterocycles. The average molecular weight is 142 g/mol. The van der Waals surface area contributed by atoms with E-state index in [1.54, 1.807) is 0 Å². The Morgan fingerprint density at radius 2 is 2.20 bits per heavy atom. The van der Waals surface area contributed by atoms with E-state index in [9.17, 15) is 4.79 Å². The highest BCUT2D eigenvalue weighted by molar-refractivity contribution is 5.45. The van der Waals surface area contributed by atoms with Gasteiger partial charge < -0.3 is 10.6 Å². The van der Waals surface area contributed by atoms with Gasteiger partial charge in [-0.05, 0) is 12.8 Å². The molecule has 0 radical (unpaired) electrons. The second-order valence-electron chi connectivity index (χ2n) is 2.65. The lowest BCUT2D eigenvalue weighted by molar-refractivity contribution is -0.109. The van der Waals surface area contributed by atoms with Crippen LogP contribution in [0.1, 0.15) is 19.3 Å². The molecule has 10 heavy (non-hydrogen) atoms. The zero-order chi connectivity index (χ0) is 7.23. The van der Waals surface area contributed by atoms with Crippen molar-refractivity contribution in [3.63, 3.8) is 0 Å². The summed E-state index contributed by atoms with van der Waals surface area (Å²) in [5, 5.41) is 5.94. The van der Waals surface area contributed by atoms with Gasteiger partial charge in [-0.1, -0.05) is 6.42 Å². The molecule has 0 heterocycles. The minimum Gasteiger partial charge on any atom is -0.357 e. The van der Waals surface area contributed by atoms with Crippen molar-refractivity contribution in [3.8, 4) is 0 Å². The van der Waals surface area contributed by atoms with Gasteiger partial charge in [0.1, 0.15) is 0 Å². The van der Waals surface area contributed by atoms with E-state index in [1.165, 1.54) is 19.3 Å². The van der Waals surface area contributed by atoms with E-state index in [2.05, 4.69) is 10.6 Å². The Hall–Kier alpha value is -0.570. The Labute approximate surface area is 61.2 Å². The number of hydrogen-bond acceptors (Lipinski definition) is 2. The van der Waals surface area contributed by atoms with Gasteiger partial charge in [-0.15, -0.1) is 0 Å². The smallest absolute Gasteiger partial charge is 0.207 e. The Bertz CT molecular complexity index is 102. The van der Waals surface area contributed by atoms with Gasteiger partial charge in [0.25, 0.3) is 0 Å². The van der Waals surface area contributed by atoms with Crippen molar-refractivity contribution in [1.29, 1.82) is 0 Å². The lowest BCUT2D eigenvalue weighted by Gasteiger charge is -2.26. The van der Waals surface area contributed by atoms with Crippen LogP contribution in [0.4, 0.5) is 0 Å². The van der Waals surface area contributed by atoms with Crippen molar-refractivity contribution >= 4 is 6.41 Å². The van der Waals surface area contributed by atoms with Crippen LogP contribution >= 0.6 is 0 Å². The number of carbonyl (C=O) groups is 1. The van der Waals surface area contributed by atoms with Gasteiger partial charge in [0.2, 0.25) is 6.41 Å². The lowest BCUT2D eigenvalue weighted by atomic mass is 9.93. The predicted octanol–water partition coefficient (Wildman–Crippen LogP) is -0.126. The van der Waals surface area contributed by atoms with Gasteiger partial charge >= 0.3 is 0 Å². The molecule has 0 saturated heterocycles. The number of nitrogens with one attached hydrogen (secondary N) is 2. The first-order valence-electron chi connectivity index (χ1n) is 3.84. The Balaban J connectivity index is 1.80. The molecule has 1 fully saturated rings. The molecule has 3 nitrogen and oxygen atoms in total. The Morgan fingerprint density at radius 3 is 2.70 bits per heavy atom. The maximum atomic E-state index is 9.79. The summed E-state index contributed by atoms with van der Waals surface area (Å²) in [4.78, 5) is 9.79. The van der Waals surface area contributed by atoms with Crippen LogP contribution in [0.2, 0.25) is 0 Å².